The Hall–Kier alpha value is -4.57. The molecule has 3 aromatic heterocycles. The molecule has 4 aromatic rings. The Morgan fingerprint density at radius 3 is 2.37 bits per heavy atom. The third-order valence-electron chi connectivity index (χ3n) is 6.63. The molecule has 2 aliphatic rings. The number of pyridine rings is 3. The monoisotopic (exact) mass is 528 g/mol. The third-order valence-corrected chi connectivity index (χ3v) is 6.84. The number of aromatic nitrogens is 3. The molecule has 38 heavy (non-hydrogen) atoms. The van der Waals surface area contributed by atoms with Gasteiger partial charge in [0.25, 0.3) is 11.8 Å². The highest BCUT2D eigenvalue weighted by molar-refractivity contribution is 6.29. The Labute approximate surface area is 222 Å². The molecule has 10 nitrogen and oxygen atoms in total. The van der Waals surface area contributed by atoms with Crippen LogP contribution >= 0.6 is 11.6 Å². The summed E-state index contributed by atoms with van der Waals surface area (Å²) in [5.41, 5.74) is 1.92. The van der Waals surface area contributed by atoms with Crippen LogP contribution in [0.3, 0.4) is 0 Å². The summed E-state index contributed by atoms with van der Waals surface area (Å²) in [6, 6.07) is 17.2. The molecule has 0 spiro atoms. The number of halogens is 1. The summed E-state index contributed by atoms with van der Waals surface area (Å²) in [6.45, 7) is 1.32. The van der Waals surface area contributed by atoms with Gasteiger partial charge in [-0.05, 0) is 42.5 Å². The molecular formula is C27H21ClN6O4. The quantitative estimate of drug-likeness (QED) is 0.371. The topological polar surface area (TPSA) is 109 Å². The fourth-order valence-electron chi connectivity index (χ4n) is 4.66. The number of piperazine rings is 1. The minimum atomic E-state index is -1.01. The van der Waals surface area contributed by atoms with Gasteiger partial charge in [0.05, 0.1) is 0 Å². The van der Waals surface area contributed by atoms with Crippen molar-refractivity contribution >= 4 is 46.4 Å². The molecular weight excluding hydrogens is 508 g/mol. The molecule has 1 atom stereocenters. The van der Waals surface area contributed by atoms with Crippen molar-refractivity contribution in [3.05, 3.63) is 94.9 Å². The van der Waals surface area contributed by atoms with E-state index in [1.165, 1.54) is 9.80 Å². The third kappa shape index (κ3) is 4.28. The standard InChI is InChI=1S/C27H21ClN6O4/c28-21-7-5-17-6-8-22(31-23(17)30-21)34-25(36)19-3-1-2-4-20(19)26(34)38-27(37)33-15-13-32(14-16-33)24(35)18-9-11-29-12-10-18/h1-12,26H,13-16H2. The number of carbonyl (C=O) groups excluding carboxylic acids is 3. The van der Waals surface area contributed by atoms with E-state index in [1.807, 2.05) is 0 Å². The normalized spacial score (nSPS) is 17.0. The van der Waals surface area contributed by atoms with Crippen LogP contribution in [0.5, 0.6) is 0 Å². The average molecular weight is 529 g/mol. The second-order valence-electron chi connectivity index (χ2n) is 8.86. The number of hydrogen-bond donors (Lipinski definition) is 0. The van der Waals surface area contributed by atoms with E-state index >= 15 is 0 Å². The smallest absolute Gasteiger partial charge is 0.412 e. The van der Waals surface area contributed by atoms with Gasteiger partial charge in [0.15, 0.2) is 5.65 Å². The molecule has 0 aliphatic carbocycles. The van der Waals surface area contributed by atoms with Crippen molar-refractivity contribution in [1.29, 1.82) is 0 Å². The first kappa shape index (κ1) is 23.8. The number of anilines is 1. The number of carbonyl (C=O) groups is 3. The zero-order chi connectivity index (χ0) is 26.2. The Morgan fingerprint density at radius 1 is 0.868 bits per heavy atom. The zero-order valence-corrected chi connectivity index (χ0v) is 20.8. The van der Waals surface area contributed by atoms with Crippen molar-refractivity contribution in [3.63, 3.8) is 0 Å². The summed E-state index contributed by atoms with van der Waals surface area (Å²) in [5, 5.41) is 1.04. The highest BCUT2D eigenvalue weighted by atomic mass is 35.5. The van der Waals surface area contributed by atoms with Gasteiger partial charge in [-0.15, -0.1) is 0 Å². The largest absolute Gasteiger partial charge is 0.420 e. The minimum Gasteiger partial charge on any atom is -0.420 e. The van der Waals surface area contributed by atoms with Crippen LogP contribution < -0.4 is 4.90 Å². The highest BCUT2D eigenvalue weighted by Gasteiger charge is 2.42. The Bertz CT molecular complexity index is 1560. The number of amides is 3. The van der Waals surface area contributed by atoms with Crippen LogP contribution in [0, 0.1) is 0 Å². The molecule has 1 aromatic carbocycles. The molecule has 5 heterocycles. The molecule has 2 aliphatic heterocycles. The SMILES string of the molecule is O=C(OC1c2ccccc2C(=O)N1c1ccc2ccc(Cl)nc2n1)N1CCN(C(=O)c2ccncc2)CC1. The van der Waals surface area contributed by atoms with E-state index in [9.17, 15) is 14.4 Å². The first-order valence-electron chi connectivity index (χ1n) is 12.0. The van der Waals surface area contributed by atoms with Crippen molar-refractivity contribution < 1.29 is 19.1 Å². The maximum Gasteiger partial charge on any atom is 0.412 e. The van der Waals surface area contributed by atoms with Gasteiger partial charge in [-0.2, -0.15) is 0 Å². The van der Waals surface area contributed by atoms with Gasteiger partial charge >= 0.3 is 6.09 Å². The summed E-state index contributed by atoms with van der Waals surface area (Å²) >= 11 is 6.05. The molecule has 0 bridgehead atoms. The summed E-state index contributed by atoms with van der Waals surface area (Å²) < 4.78 is 5.92. The molecule has 6 rings (SSSR count). The van der Waals surface area contributed by atoms with Crippen LogP contribution in [-0.2, 0) is 4.74 Å². The van der Waals surface area contributed by atoms with E-state index in [4.69, 9.17) is 16.3 Å². The van der Waals surface area contributed by atoms with Crippen LogP contribution in [0.2, 0.25) is 5.15 Å². The molecule has 1 fully saturated rings. The van der Waals surface area contributed by atoms with E-state index in [1.54, 1.807) is 78.0 Å². The van der Waals surface area contributed by atoms with Gasteiger partial charge in [0.1, 0.15) is 11.0 Å². The van der Waals surface area contributed by atoms with Crippen LogP contribution in [0.4, 0.5) is 10.6 Å². The van der Waals surface area contributed by atoms with Crippen LogP contribution in [-0.4, -0.2) is 68.8 Å². The van der Waals surface area contributed by atoms with Crippen molar-refractivity contribution in [2.45, 2.75) is 6.23 Å². The summed E-state index contributed by atoms with van der Waals surface area (Å²) in [6.07, 6.45) is 1.56. The molecule has 0 N–H and O–H groups in total. The molecule has 0 saturated carbocycles. The summed E-state index contributed by atoms with van der Waals surface area (Å²) in [7, 11) is 0. The molecule has 0 radical (unpaired) electrons. The molecule has 11 heteroatoms. The van der Waals surface area contributed by atoms with Gasteiger partial charge in [-0.25, -0.2) is 14.8 Å². The number of benzene rings is 1. The van der Waals surface area contributed by atoms with E-state index in [0.717, 1.165) is 5.39 Å². The Kier molecular flexibility index (Phi) is 6.09. The summed E-state index contributed by atoms with van der Waals surface area (Å²) in [5.74, 6) is -0.155. The minimum absolute atomic E-state index is 0.113. The lowest BCUT2D eigenvalue weighted by Gasteiger charge is -2.35. The number of nitrogens with zero attached hydrogens (tertiary/aromatic N) is 6. The zero-order valence-electron chi connectivity index (χ0n) is 20.0. The highest BCUT2D eigenvalue weighted by Crippen LogP contribution is 2.38. The lowest BCUT2D eigenvalue weighted by molar-refractivity contribution is 0.0406. The molecule has 1 saturated heterocycles. The molecule has 1 unspecified atom stereocenters. The molecule has 190 valence electrons. The van der Waals surface area contributed by atoms with Gasteiger partial charge in [-0.3, -0.25) is 19.5 Å². The Morgan fingerprint density at radius 2 is 1.58 bits per heavy atom. The fourth-order valence-corrected chi connectivity index (χ4v) is 4.81. The van der Waals surface area contributed by atoms with Crippen molar-refractivity contribution in [2.75, 3.05) is 31.1 Å². The van der Waals surface area contributed by atoms with Gasteiger partial charge in [-0.1, -0.05) is 29.8 Å². The second kappa shape index (κ2) is 9.71. The van der Waals surface area contributed by atoms with Gasteiger partial charge in [0.2, 0.25) is 6.23 Å². The van der Waals surface area contributed by atoms with Gasteiger partial charge < -0.3 is 14.5 Å². The van der Waals surface area contributed by atoms with Crippen LogP contribution in [0.1, 0.15) is 32.5 Å². The van der Waals surface area contributed by atoms with E-state index in [-0.39, 0.29) is 17.0 Å². The van der Waals surface area contributed by atoms with Crippen molar-refractivity contribution in [1.82, 2.24) is 24.8 Å². The lowest BCUT2D eigenvalue weighted by Crippen LogP contribution is -2.51. The Balaban J connectivity index is 1.22. The van der Waals surface area contributed by atoms with Crippen molar-refractivity contribution in [3.8, 4) is 0 Å². The first-order chi connectivity index (χ1) is 18.5. The fraction of sp³-hybridized carbons (Fsp3) is 0.185. The van der Waals surface area contributed by atoms with E-state index in [2.05, 4.69) is 15.0 Å². The second-order valence-corrected chi connectivity index (χ2v) is 9.25. The van der Waals surface area contributed by atoms with Crippen LogP contribution in [0.15, 0.2) is 73.1 Å². The number of ether oxygens (including phenoxy) is 1. The maximum atomic E-state index is 13.4. The van der Waals surface area contributed by atoms with Crippen molar-refractivity contribution in [2.24, 2.45) is 0 Å². The summed E-state index contributed by atoms with van der Waals surface area (Å²) in [4.78, 5) is 56.7. The lowest BCUT2D eigenvalue weighted by atomic mass is 10.1. The number of hydrogen-bond acceptors (Lipinski definition) is 7. The first-order valence-corrected chi connectivity index (χ1v) is 12.4. The van der Waals surface area contributed by atoms with Gasteiger partial charge in [0, 0.05) is 60.6 Å². The maximum absolute atomic E-state index is 13.4. The van der Waals surface area contributed by atoms with E-state index in [0.29, 0.717) is 54.3 Å². The average Bonchev–Trinajstić information content (AvgIpc) is 3.23. The predicted molar refractivity (Wildman–Crippen MR) is 139 cm³/mol. The number of fused-ring (bicyclic) bond motifs is 2. The van der Waals surface area contributed by atoms with Crippen LogP contribution in [0.25, 0.3) is 11.0 Å². The van der Waals surface area contributed by atoms with E-state index < -0.39 is 12.3 Å². The molecule has 3 amide bonds. The predicted octanol–water partition coefficient (Wildman–Crippen LogP) is 3.93. The number of rotatable bonds is 3.